The van der Waals surface area contributed by atoms with Crippen molar-refractivity contribution in [2.45, 2.75) is 41.5 Å². The molecule has 0 amide bonds. The van der Waals surface area contributed by atoms with Crippen LogP contribution in [0.15, 0.2) is 0 Å². The molecule has 0 fully saturated rings. The largest absolute Gasteiger partial charge is 0.481 e. The summed E-state index contributed by atoms with van der Waals surface area (Å²) < 4.78 is 0. The second-order valence-corrected chi connectivity index (χ2v) is 3.03. The van der Waals surface area contributed by atoms with E-state index in [0.717, 1.165) is 40.8 Å². The molecule has 0 saturated carbocycles. The molecule has 0 aliphatic heterocycles. The minimum Gasteiger partial charge on any atom is -0.481 e. The van der Waals surface area contributed by atoms with E-state index in [9.17, 15) is 0 Å². The quantitative estimate of drug-likeness (QED) is 0.434. The summed E-state index contributed by atoms with van der Waals surface area (Å²) >= 11 is 0. The normalized spacial score (nSPS) is 6.17. The molecular weight excluding hydrogens is 332 g/mol. The van der Waals surface area contributed by atoms with Gasteiger partial charge in [0.15, 0.2) is 0 Å². The third kappa shape index (κ3) is 2540. The Hall–Kier alpha value is -0.160. The SMILES string of the molecule is CC(=O)O.CC(=O)O.CC(=O)O.CC(=O)O.CCNCC.[Na].[Na]. The zero-order chi connectivity index (χ0) is 18.4. The molecule has 0 atom stereocenters. The molecule has 11 heteroatoms. The van der Waals surface area contributed by atoms with Crippen LogP contribution in [0, 0.1) is 0 Å². The van der Waals surface area contributed by atoms with Gasteiger partial charge in [-0.15, -0.1) is 0 Å². The summed E-state index contributed by atoms with van der Waals surface area (Å²) in [5.74, 6) is -3.33. The van der Waals surface area contributed by atoms with E-state index in [1.807, 2.05) is 0 Å². The molecular formula is C12H27NNa2O8. The molecule has 0 aliphatic rings. The van der Waals surface area contributed by atoms with Crippen molar-refractivity contribution in [2.24, 2.45) is 0 Å². The Bertz CT molecular complexity index is 210. The predicted octanol–water partition coefficient (Wildman–Crippen LogP) is 0.218. The van der Waals surface area contributed by atoms with Crippen molar-refractivity contribution in [1.82, 2.24) is 5.32 Å². The molecule has 23 heavy (non-hydrogen) atoms. The van der Waals surface area contributed by atoms with Gasteiger partial charge in [-0.3, -0.25) is 19.2 Å². The second-order valence-electron chi connectivity index (χ2n) is 3.03. The summed E-state index contributed by atoms with van der Waals surface area (Å²) in [6.07, 6.45) is 0. The van der Waals surface area contributed by atoms with Crippen LogP contribution in [0.5, 0.6) is 0 Å². The topological polar surface area (TPSA) is 161 Å². The standard InChI is InChI=1S/C4H11N.4C2H4O2.2Na/c1-3-5-4-2;4*1-2(3)4;;/h5H,3-4H2,1-2H3;4*1H3,(H,3,4);;. The van der Waals surface area contributed by atoms with Gasteiger partial charge in [0.2, 0.25) is 0 Å². The predicted molar refractivity (Wildman–Crippen MR) is 89.0 cm³/mol. The molecule has 0 spiro atoms. The van der Waals surface area contributed by atoms with Crippen molar-refractivity contribution in [3.8, 4) is 0 Å². The maximum absolute atomic E-state index is 9.00. The van der Waals surface area contributed by atoms with E-state index in [0.29, 0.717) is 0 Å². The second kappa shape index (κ2) is 43.1. The fraction of sp³-hybridized carbons (Fsp3) is 0.667. The summed E-state index contributed by atoms with van der Waals surface area (Å²) in [6, 6.07) is 0. The monoisotopic (exact) mass is 359 g/mol. The van der Waals surface area contributed by atoms with Crippen LogP contribution in [-0.2, 0) is 19.2 Å². The molecule has 0 rings (SSSR count). The summed E-state index contributed by atoms with van der Waals surface area (Å²) in [5.41, 5.74) is 0. The van der Waals surface area contributed by atoms with Gasteiger partial charge in [-0.2, -0.15) is 0 Å². The first-order valence-electron chi connectivity index (χ1n) is 5.83. The van der Waals surface area contributed by atoms with Gasteiger partial charge in [0.05, 0.1) is 0 Å². The van der Waals surface area contributed by atoms with Gasteiger partial charge in [0.25, 0.3) is 23.9 Å². The minimum atomic E-state index is -0.833. The molecule has 2 radical (unpaired) electrons. The number of nitrogens with one attached hydrogen (secondary N) is 1. The molecule has 0 saturated heterocycles. The molecule has 0 aromatic rings. The van der Waals surface area contributed by atoms with Crippen LogP contribution in [-0.4, -0.2) is 117 Å². The van der Waals surface area contributed by atoms with Crippen LogP contribution in [0.4, 0.5) is 0 Å². The molecule has 5 N–H and O–H groups in total. The fourth-order valence-corrected chi connectivity index (χ4v) is 0.250. The smallest absolute Gasteiger partial charge is 0.300 e. The molecule has 0 aromatic carbocycles. The Morgan fingerprint density at radius 3 is 0.696 bits per heavy atom. The Kier molecular flexibility index (Phi) is 81.3. The zero-order valence-corrected chi connectivity index (χ0v) is 19.3. The van der Waals surface area contributed by atoms with Crippen molar-refractivity contribution in [3.63, 3.8) is 0 Å². The molecule has 0 aliphatic carbocycles. The van der Waals surface area contributed by atoms with E-state index in [4.69, 9.17) is 39.6 Å². The first kappa shape index (κ1) is 43.4. The number of hydrogen-bond donors (Lipinski definition) is 5. The van der Waals surface area contributed by atoms with Crippen LogP contribution in [0.25, 0.3) is 0 Å². The van der Waals surface area contributed by atoms with E-state index < -0.39 is 23.9 Å². The maximum atomic E-state index is 9.00. The molecule has 0 aromatic heterocycles. The average molecular weight is 359 g/mol. The van der Waals surface area contributed by atoms with Gasteiger partial charge in [0.1, 0.15) is 0 Å². The van der Waals surface area contributed by atoms with E-state index in [1.54, 1.807) is 0 Å². The van der Waals surface area contributed by atoms with Crippen LogP contribution < -0.4 is 5.32 Å². The summed E-state index contributed by atoms with van der Waals surface area (Å²) in [6.45, 7) is 10.7. The van der Waals surface area contributed by atoms with Crippen molar-refractivity contribution >= 4 is 83.0 Å². The van der Waals surface area contributed by atoms with Gasteiger partial charge in [0, 0.05) is 86.8 Å². The number of aliphatic carboxylic acids is 4. The first-order valence-corrected chi connectivity index (χ1v) is 5.83. The van der Waals surface area contributed by atoms with Gasteiger partial charge in [-0.1, -0.05) is 13.8 Å². The first-order chi connectivity index (χ1) is 9.34. The van der Waals surface area contributed by atoms with Crippen molar-refractivity contribution in [3.05, 3.63) is 0 Å². The van der Waals surface area contributed by atoms with Crippen molar-refractivity contribution < 1.29 is 39.6 Å². The van der Waals surface area contributed by atoms with E-state index in [-0.39, 0.29) is 59.1 Å². The molecule has 0 bridgehead atoms. The fourth-order valence-electron chi connectivity index (χ4n) is 0.250. The third-order valence-electron chi connectivity index (χ3n) is 0.500. The van der Waals surface area contributed by atoms with Crippen LogP contribution in [0.3, 0.4) is 0 Å². The Labute approximate surface area is 181 Å². The van der Waals surface area contributed by atoms with Crippen molar-refractivity contribution in [1.29, 1.82) is 0 Å². The van der Waals surface area contributed by atoms with Gasteiger partial charge >= 0.3 is 0 Å². The summed E-state index contributed by atoms with van der Waals surface area (Å²) in [7, 11) is 0. The van der Waals surface area contributed by atoms with Gasteiger partial charge in [-0.25, -0.2) is 0 Å². The Balaban J connectivity index is -0.0000000273. The maximum Gasteiger partial charge on any atom is 0.300 e. The summed E-state index contributed by atoms with van der Waals surface area (Å²) in [5, 5.41) is 32.8. The van der Waals surface area contributed by atoms with E-state index >= 15 is 0 Å². The molecule has 0 heterocycles. The van der Waals surface area contributed by atoms with Crippen molar-refractivity contribution in [2.75, 3.05) is 13.1 Å². The number of hydrogen-bond acceptors (Lipinski definition) is 5. The van der Waals surface area contributed by atoms with Crippen LogP contribution in [0.2, 0.25) is 0 Å². The minimum absolute atomic E-state index is 0. The zero-order valence-electron chi connectivity index (χ0n) is 15.3. The average Bonchev–Trinajstić information content (AvgIpc) is 2.14. The van der Waals surface area contributed by atoms with Gasteiger partial charge < -0.3 is 25.7 Å². The number of carboxylic acids is 4. The Morgan fingerprint density at radius 2 is 0.696 bits per heavy atom. The molecule has 130 valence electrons. The van der Waals surface area contributed by atoms with Crippen LogP contribution in [0.1, 0.15) is 41.5 Å². The summed E-state index contributed by atoms with van der Waals surface area (Å²) in [4.78, 5) is 36.0. The molecule has 0 unspecified atom stereocenters. The van der Waals surface area contributed by atoms with Gasteiger partial charge in [-0.05, 0) is 13.1 Å². The van der Waals surface area contributed by atoms with E-state index in [1.165, 1.54) is 0 Å². The number of carboxylic acid groups (broad SMARTS) is 4. The van der Waals surface area contributed by atoms with Crippen LogP contribution >= 0.6 is 0 Å². The molecule has 9 nitrogen and oxygen atoms in total. The van der Waals surface area contributed by atoms with E-state index in [2.05, 4.69) is 19.2 Å². The number of rotatable bonds is 2. The Morgan fingerprint density at radius 1 is 0.609 bits per heavy atom. The third-order valence-corrected chi connectivity index (χ3v) is 0.500. The number of carbonyl (C=O) groups is 4.